The Morgan fingerprint density at radius 1 is 0.952 bits per heavy atom. The Labute approximate surface area is 124 Å². The third kappa shape index (κ3) is 2.63. The lowest BCUT2D eigenvalue weighted by Gasteiger charge is -2.43. The van der Waals surface area contributed by atoms with E-state index in [4.69, 9.17) is 4.74 Å². The summed E-state index contributed by atoms with van der Waals surface area (Å²) in [5, 5.41) is 0. The molecular formula is C17H19N3O. The number of aromatic nitrogens is 2. The van der Waals surface area contributed by atoms with Crippen LogP contribution in [0.1, 0.15) is 12.8 Å². The number of benzene rings is 1. The molecule has 0 radical (unpaired) electrons. The summed E-state index contributed by atoms with van der Waals surface area (Å²) in [6.45, 7) is 3.46. The van der Waals surface area contributed by atoms with Crippen LogP contribution in [-0.2, 0) is 0 Å². The molecule has 0 N–H and O–H groups in total. The van der Waals surface area contributed by atoms with Crippen molar-refractivity contribution in [3.63, 3.8) is 0 Å². The first-order valence-corrected chi connectivity index (χ1v) is 7.65. The number of piperidine rings is 3. The topological polar surface area (TPSA) is 38.2 Å². The molecule has 4 heteroatoms. The first kappa shape index (κ1) is 12.8. The number of rotatable bonds is 3. The Morgan fingerprint density at radius 2 is 1.67 bits per heavy atom. The maximum atomic E-state index is 6.02. The van der Waals surface area contributed by atoms with E-state index < -0.39 is 0 Å². The molecule has 3 saturated heterocycles. The van der Waals surface area contributed by atoms with Crippen LogP contribution in [0.5, 0.6) is 6.01 Å². The summed E-state index contributed by atoms with van der Waals surface area (Å²) in [5.74, 6) is 0.674. The van der Waals surface area contributed by atoms with Crippen LogP contribution in [-0.4, -0.2) is 40.6 Å². The molecule has 108 valence electrons. The van der Waals surface area contributed by atoms with Gasteiger partial charge < -0.3 is 4.74 Å². The van der Waals surface area contributed by atoms with Crippen molar-refractivity contribution in [3.8, 4) is 17.1 Å². The van der Waals surface area contributed by atoms with Crippen molar-refractivity contribution in [2.24, 2.45) is 5.92 Å². The second kappa shape index (κ2) is 5.45. The lowest BCUT2D eigenvalue weighted by atomic mass is 9.86. The third-order valence-electron chi connectivity index (χ3n) is 4.59. The molecule has 0 unspecified atom stereocenters. The van der Waals surface area contributed by atoms with E-state index in [1.807, 2.05) is 30.6 Å². The van der Waals surface area contributed by atoms with Crippen molar-refractivity contribution in [1.29, 1.82) is 0 Å². The Kier molecular flexibility index (Phi) is 3.31. The summed E-state index contributed by atoms with van der Waals surface area (Å²) in [4.78, 5) is 11.2. The molecule has 2 aromatic rings. The van der Waals surface area contributed by atoms with Gasteiger partial charge in [-0.15, -0.1) is 0 Å². The molecule has 0 saturated carbocycles. The van der Waals surface area contributed by atoms with Gasteiger partial charge in [0, 0.05) is 24.5 Å². The highest BCUT2D eigenvalue weighted by molar-refractivity contribution is 5.61. The van der Waals surface area contributed by atoms with Crippen molar-refractivity contribution in [2.75, 3.05) is 19.6 Å². The van der Waals surface area contributed by atoms with Crippen molar-refractivity contribution in [1.82, 2.24) is 14.9 Å². The molecule has 0 aliphatic carbocycles. The van der Waals surface area contributed by atoms with Gasteiger partial charge in [-0.25, -0.2) is 9.97 Å². The summed E-state index contributed by atoms with van der Waals surface area (Å²) in [6, 6.07) is 10.7. The summed E-state index contributed by atoms with van der Waals surface area (Å²) >= 11 is 0. The van der Waals surface area contributed by atoms with Gasteiger partial charge in [-0.2, -0.15) is 0 Å². The molecule has 1 atom stereocenters. The van der Waals surface area contributed by atoms with Crippen LogP contribution < -0.4 is 4.74 Å². The standard InChI is InChI=1S/C17H19N3O/c1-2-4-13(5-3-1)15-10-18-17(19-11-15)21-16-12-20-8-6-14(16)7-9-20/h1-5,10-11,14,16H,6-9,12H2/t16-/m0/s1. The predicted molar refractivity (Wildman–Crippen MR) is 81.0 cm³/mol. The van der Waals surface area contributed by atoms with E-state index in [1.54, 1.807) is 0 Å². The smallest absolute Gasteiger partial charge is 0.316 e. The van der Waals surface area contributed by atoms with Crippen LogP contribution >= 0.6 is 0 Å². The van der Waals surface area contributed by atoms with Crippen molar-refractivity contribution < 1.29 is 4.74 Å². The molecule has 3 aliphatic heterocycles. The highest BCUT2D eigenvalue weighted by atomic mass is 16.5. The molecular weight excluding hydrogens is 262 g/mol. The lowest BCUT2D eigenvalue weighted by molar-refractivity contribution is -0.0123. The van der Waals surface area contributed by atoms with Crippen molar-refractivity contribution >= 4 is 0 Å². The molecule has 0 spiro atoms. The summed E-state index contributed by atoms with van der Waals surface area (Å²) in [7, 11) is 0. The number of fused-ring (bicyclic) bond motifs is 3. The quantitative estimate of drug-likeness (QED) is 0.867. The average molecular weight is 281 g/mol. The molecule has 3 fully saturated rings. The van der Waals surface area contributed by atoms with Crippen LogP contribution in [0.15, 0.2) is 42.7 Å². The van der Waals surface area contributed by atoms with E-state index in [1.165, 1.54) is 25.9 Å². The highest BCUT2D eigenvalue weighted by Gasteiger charge is 2.35. The van der Waals surface area contributed by atoms with E-state index in [0.29, 0.717) is 11.9 Å². The van der Waals surface area contributed by atoms with Crippen LogP contribution in [0.4, 0.5) is 0 Å². The van der Waals surface area contributed by atoms with Gasteiger partial charge in [0.2, 0.25) is 0 Å². The molecule has 4 heterocycles. The fraction of sp³-hybridized carbons (Fsp3) is 0.412. The summed E-state index contributed by atoms with van der Waals surface area (Å²) in [6.07, 6.45) is 6.44. The molecule has 0 amide bonds. The van der Waals surface area contributed by atoms with Crippen LogP contribution in [0.25, 0.3) is 11.1 Å². The van der Waals surface area contributed by atoms with Crippen molar-refractivity contribution in [3.05, 3.63) is 42.7 Å². The van der Waals surface area contributed by atoms with Gasteiger partial charge in [-0.1, -0.05) is 30.3 Å². The van der Waals surface area contributed by atoms with Gasteiger partial charge in [0.25, 0.3) is 0 Å². The number of hydrogen-bond acceptors (Lipinski definition) is 4. The fourth-order valence-corrected chi connectivity index (χ4v) is 3.34. The van der Waals surface area contributed by atoms with Gasteiger partial charge in [0.15, 0.2) is 0 Å². The van der Waals surface area contributed by atoms with E-state index in [0.717, 1.165) is 17.7 Å². The van der Waals surface area contributed by atoms with Gasteiger partial charge >= 0.3 is 6.01 Å². The van der Waals surface area contributed by atoms with E-state index in [-0.39, 0.29) is 6.10 Å². The van der Waals surface area contributed by atoms with E-state index in [2.05, 4.69) is 27.0 Å². The molecule has 5 rings (SSSR count). The van der Waals surface area contributed by atoms with Gasteiger partial charge in [0.05, 0.1) is 0 Å². The zero-order valence-corrected chi connectivity index (χ0v) is 12.0. The molecule has 4 nitrogen and oxygen atoms in total. The largest absolute Gasteiger partial charge is 0.458 e. The fourth-order valence-electron chi connectivity index (χ4n) is 3.34. The number of hydrogen-bond donors (Lipinski definition) is 0. The molecule has 1 aromatic heterocycles. The lowest BCUT2D eigenvalue weighted by Crippen LogP contribution is -2.52. The van der Waals surface area contributed by atoms with E-state index in [9.17, 15) is 0 Å². The van der Waals surface area contributed by atoms with Gasteiger partial charge in [-0.3, -0.25) is 4.90 Å². The molecule has 1 aromatic carbocycles. The van der Waals surface area contributed by atoms with E-state index >= 15 is 0 Å². The maximum absolute atomic E-state index is 6.02. The van der Waals surface area contributed by atoms with Crippen LogP contribution in [0.2, 0.25) is 0 Å². The third-order valence-corrected chi connectivity index (χ3v) is 4.59. The monoisotopic (exact) mass is 281 g/mol. The maximum Gasteiger partial charge on any atom is 0.316 e. The Morgan fingerprint density at radius 3 is 2.29 bits per heavy atom. The molecule has 2 bridgehead atoms. The number of ether oxygens (including phenoxy) is 1. The molecule has 21 heavy (non-hydrogen) atoms. The van der Waals surface area contributed by atoms with Gasteiger partial charge in [0.1, 0.15) is 6.10 Å². The Hall–Kier alpha value is -1.94. The second-order valence-corrected chi connectivity index (χ2v) is 5.91. The predicted octanol–water partition coefficient (Wildman–Crippen LogP) is 2.62. The normalized spacial score (nSPS) is 27.5. The highest BCUT2D eigenvalue weighted by Crippen LogP contribution is 2.30. The van der Waals surface area contributed by atoms with Crippen molar-refractivity contribution in [2.45, 2.75) is 18.9 Å². The SMILES string of the molecule is c1ccc(-c2cnc(O[C@H]3CN4CCC3CC4)nc2)cc1. The first-order valence-electron chi connectivity index (χ1n) is 7.65. The van der Waals surface area contributed by atoms with Gasteiger partial charge in [-0.05, 0) is 37.4 Å². The van der Waals surface area contributed by atoms with Crippen LogP contribution in [0, 0.1) is 5.92 Å². The zero-order valence-electron chi connectivity index (χ0n) is 12.0. The zero-order chi connectivity index (χ0) is 14.1. The number of nitrogens with zero attached hydrogens (tertiary/aromatic N) is 3. The average Bonchev–Trinajstić information content (AvgIpc) is 2.57. The summed E-state index contributed by atoms with van der Waals surface area (Å²) < 4.78 is 6.02. The van der Waals surface area contributed by atoms with Crippen LogP contribution in [0.3, 0.4) is 0 Å². The first-order chi connectivity index (χ1) is 10.4. The minimum absolute atomic E-state index is 0.259. The Balaban J connectivity index is 1.47. The minimum Gasteiger partial charge on any atom is -0.458 e. The second-order valence-electron chi connectivity index (χ2n) is 5.91. The minimum atomic E-state index is 0.259. The Bertz CT molecular complexity index is 591. The summed E-state index contributed by atoms with van der Waals surface area (Å²) in [5.41, 5.74) is 2.16. The molecule has 3 aliphatic rings.